The number of carbonyl (C=O) groups excluding carboxylic acids is 1. The zero-order valence-corrected chi connectivity index (χ0v) is 14.7. The normalized spacial score (nSPS) is 17.7. The average Bonchev–Trinajstić information content (AvgIpc) is 2.83. The Morgan fingerprint density at radius 2 is 2.07 bits per heavy atom. The van der Waals surface area contributed by atoms with E-state index >= 15 is 0 Å². The van der Waals surface area contributed by atoms with E-state index in [1.54, 1.807) is 12.1 Å². The maximum atomic E-state index is 13.0. The van der Waals surface area contributed by atoms with Crippen molar-refractivity contribution in [3.05, 3.63) is 57.5 Å². The lowest BCUT2D eigenvalue weighted by Crippen LogP contribution is -2.44. The molecular weight excluding hydrogens is 353 g/mol. The summed E-state index contributed by atoms with van der Waals surface area (Å²) < 4.78 is 20.0. The first-order valence-electron chi connectivity index (χ1n) is 8.95. The third-order valence-electron chi connectivity index (χ3n) is 5.35. The number of ether oxygens (including phenoxy) is 1. The molecule has 1 fully saturated rings. The van der Waals surface area contributed by atoms with Crippen molar-refractivity contribution < 1.29 is 19.0 Å². The number of nitrogens with zero attached hydrogens (tertiary/aromatic N) is 2. The van der Waals surface area contributed by atoms with Crippen molar-refractivity contribution in [2.45, 2.75) is 37.8 Å². The van der Waals surface area contributed by atoms with E-state index in [0.29, 0.717) is 31.1 Å². The zero-order chi connectivity index (χ0) is 19.0. The molecule has 1 amide bonds. The van der Waals surface area contributed by atoms with Gasteiger partial charge < -0.3 is 15.2 Å². The molecule has 0 saturated heterocycles. The minimum absolute atomic E-state index is 0.132. The number of benzene rings is 1. The van der Waals surface area contributed by atoms with Crippen LogP contribution in [0.5, 0.6) is 5.75 Å². The molecule has 0 atom stereocenters. The molecule has 0 unspecified atom stereocenters. The third kappa shape index (κ3) is 3.10. The van der Waals surface area contributed by atoms with Crippen LogP contribution in [0, 0.1) is 5.82 Å². The number of rotatable bonds is 3. The van der Waals surface area contributed by atoms with Gasteiger partial charge in [0.05, 0.1) is 25.2 Å². The first-order chi connectivity index (χ1) is 13.0. The Hall–Kier alpha value is -2.74. The van der Waals surface area contributed by atoms with Crippen LogP contribution in [-0.4, -0.2) is 33.8 Å². The molecule has 1 saturated carbocycles. The quantitative estimate of drug-likeness (QED) is 0.850. The fraction of sp³-hybridized carbons (Fsp3) is 0.421. The Bertz CT molecular complexity index is 935. The molecule has 2 aliphatic rings. The van der Waals surface area contributed by atoms with E-state index in [1.807, 2.05) is 0 Å². The average molecular weight is 373 g/mol. The smallest absolute Gasteiger partial charge is 0.296 e. The van der Waals surface area contributed by atoms with Gasteiger partial charge in [0.1, 0.15) is 11.6 Å². The highest BCUT2D eigenvalue weighted by atomic mass is 19.1. The van der Waals surface area contributed by atoms with Gasteiger partial charge in [-0.2, -0.15) is 0 Å². The van der Waals surface area contributed by atoms with Gasteiger partial charge in [-0.25, -0.2) is 9.37 Å². The van der Waals surface area contributed by atoms with Crippen LogP contribution in [0.2, 0.25) is 0 Å². The van der Waals surface area contributed by atoms with Gasteiger partial charge in [0, 0.05) is 6.54 Å². The molecule has 4 rings (SSSR count). The number of nitrogens with one attached hydrogen (secondary N) is 1. The lowest BCUT2D eigenvalue weighted by molar-refractivity contribution is 0.0532. The highest BCUT2D eigenvalue weighted by Gasteiger charge is 2.45. The molecule has 2 heterocycles. The number of hydrogen-bond donors (Lipinski definition) is 2. The molecule has 0 bridgehead atoms. The molecule has 1 aromatic heterocycles. The summed E-state index contributed by atoms with van der Waals surface area (Å²) in [4.78, 5) is 29.6. The van der Waals surface area contributed by atoms with Gasteiger partial charge >= 0.3 is 0 Å². The van der Waals surface area contributed by atoms with E-state index in [0.717, 1.165) is 19.3 Å². The third-order valence-corrected chi connectivity index (χ3v) is 5.35. The van der Waals surface area contributed by atoms with Gasteiger partial charge in [-0.1, -0.05) is 18.6 Å². The van der Waals surface area contributed by atoms with Gasteiger partial charge in [-0.05, 0) is 30.5 Å². The first-order valence-corrected chi connectivity index (χ1v) is 8.95. The molecule has 1 aromatic carbocycles. The Kier molecular flexibility index (Phi) is 4.43. The SMILES string of the molecule is O=C(NCc1ccc(F)cc1)c1nc2n(c(=O)c1O)CCOCC21CCC1. The van der Waals surface area contributed by atoms with Crippen molar-refractivity contribution in [3.8, 4) is 5.75 Å². The number of halogens is 1. The van der Waals surface area contributed by atoms with Gasteiger partial charge in [-0.3, -0.25) is 14.2 Å². The maximum Gasteiger partial charge on any atom is 0.296 e. The van der Waals surface area contributed by atoms with Crippen LogP contribution < -0.4 is 10.9 Å². The van der Waals surface area contributed by atoms with Crippen LogP contribution in [-0.2, 0) is 23.2 Å². The van der Waals surface area contributed by atoms with Crippen molar-refractivity contribution in [1.29, 1.82) is 0 Å². The maximum absolute atomic E-state index is 13.0. The van der Waals surface area contributed by atoms with Gasteiger partial charge in [0.25, 0.3) is 11.5 Å². The van der Waals surface area contributed by atoms with E-state index < -0.39 is 17.2 Å². The second kappa shape index (κ2) is 6.77. The second-order valence-electron chi connectivity index (χ2n) is 7.09. The van der Waals surface area contributed by atoms with Crippen molar-refractivity contribution in [2.75, 3.05) is 13.2 Å². The van der Waals surface area contributed by atoms with Crippen molar-refractivity contribution in [1.82, 2.24) is 14.9 Å². The summed E-state index contributed by atoms with van der Waals surface area (Å²) >= 11 is 0. The van der Waals surface area contributed by atoms with Crippen LogP contribution in [0.15, 0.2) is 29.1 Å². The Morgan fingerprint density at radius 3 is 2.74 bits per heavy atom. The highest BCUT2D eigenvalue weighted by molar-refractivity contribution is 5.94. The molecule has 8 heteroatoms. The van der Waals surface area contributed by atoms with E-state index in [2.05, 4.69) is 10.3 Å². The molecule has 1 aliphatic heterocycles. The minimum Gasteiger partial charge on any atom is -0.501 e. The summed E-state index contributed by atoms with van der Waals surface area (Å²) in [6, 6.07) is 5.70. The lowest BCUT2D eigenvalue weighted by atomic mass is 9.68. The number of aromatic nitrogens is 2. The molecule has 1 aliphatic carbocycles. The molecular formula is C19H20FN3O4. The Labute approximate surface area is 154 Å². The van der Waals surface area contributed by atoms with Crippen molar-refractivity contribution in [3.63, 3.8) is 0 Å². The van der Waals surface area contributed by atoms with Crippen molar-refractivity contribution in [2.24, 2.45) is 0 Å². The van der Waals surface area contributed by atoms with Crippen LogP contribution >= 0.6 is 0 Å². The largest absolute Gasteiger partial charge is 0.501 e. The van der Waals surface area contributed by atoms with Gasteiger partial charge in [-0.15, -0.1) is 0 Å². The Morgan fingerprint density at radius 1 is 1.33 bits per heavy atom. The summed E-state index contributed by atoms with van der Waals surface area (Å²) in [6.45, 7) is 1.26. The predicted molar refractivity (Wildman–Crippen MR) is 94.1 cm³/mol. The van der Waals surface area contributed by atoms with E-state index in [4.69, 9.17) is 4.74 Å². The van der Waals surface area contributed by atoms with Crippen LogP contribution in [0.4, 0.5) is 4.39 Å². The number of amides is 1. The summed E-state index contributed by atoms with van der Waals surface area (Å²) in [5, 5.41) is 12.9. The summed E-state index contributed by atoms with van der Waals surface area (Å²) in [7, 11) is 0. The summed E-state index contributed by atoms with van der Waals surface area (Å²) in [5.41, 5.74) is -0.570. The fourth-order valence-electron chi connectivity index (χ4n) is 3.64. The number of aromatic hydroxyl groups is 1. The van der Waals surface area contributed by atoms with Gasteiger partial charge in [0.15, 0.2) is 5.69 Å². The van der Waals surface area contributed by atoms with Gasteiger partial charge in [0.2, 0.25) is 5.75 Å². The molecule has 0 radical (unpaired) electrons. The first kappa shape index (κ1) is 17.7. The van der Waals surface area contributed by atoms with E-state index in [9.17, 15) is 19.1 Å². The van der Waals surface area contributed by atoms with Crippen LogP contribution in [0.3, 0.4) is 0 Å². The number of carbonyl (C=O) groups is 1. The predicted octanol–water partition coefficient (Wildman–Crippen LogP) is 1.47. The molecule has 7 nitrogen and oxygen atoms in total. The number of hydrogen-bond acceptors (Lipinski definition) is 5. The standard InChI is InChI=1S/C19H20FN3O4/c20-13-4-2-12(3-5-13)10-21-16(25)14-15(24)17(26)23-8-9-27-11-19(6-1-7-19)18(23)22-14/h2-5,24H,1,6-11H2,(H,21,25). The molecule has 2 N–H and O–H groups in total. The topological polar surface area (TPSA) is 93.5 Å². The summed E-state index contributed by atoms with van der Waals surface area (Å²) in [6.07, 6.45) is 2.67. The van der Waals surface area contributed by atoms with Crippen LogP contribution in [0.25, 0.3) is 0 Å². The lowest BCUT2D eigenvalue weighted by Gasteiger charge is -2.40. The molecule has 2 aromatic rings. The fourth-order valence-corrected chi connectivity index (χ4v) is 3.64. The Balaban J connectivity index is 1.64. The monoisotopic (exact) mass is 373 g/mol. The minimum atomic E-state index is -0.660. The molecule has 1 spiro atoms. The molecule has 142 valence electrons. The zero-order valence-electron chi connectivity index (χ0n) is 14.7. The summed E-state index contributed by atoms with van der Waals surface area (Å²) in [5.74, 6) is -1.15. The van der Waals surface area contributed by atoms with E-state index in [1.165, 1.54) is 16.7 Å². The number of fused-ring (bicyclic) bond motifs is 2. The molecule has 27 heavy (non-hydrogen) atoms. The van der Waals surface area contributed by atoms with E-state index in [-0.39, 0.29) is 23.5 Å². The van der Waals surface area contributed by atoms with Crippen LogP contribution in [0.1, 0.15) is 41.1 Å². The highest BCUT2D eigenvalue weighted by Crippen LogP contribution is 2.44. The van der Waals surface area contributed by atoms with Crippen molar-refractivity contribution >= 4 is 5.91 Å². The second-order valence-corrected chi connectivity index (χ2v) is 7.09.